The van der Waals surface area contributed by atoms with Gasteiger partial charge in [0.1, 0.15) is 0 Å². The molecule has 0 aromatic heterocycles. The summed E-state index contributed by atoms with van der Waals surface area (Å²) in [4.78, 5) is 15.6. The molecule has 27 heavy (non-hydrogen) atoms. The summed E-state index contributed by atoms with van der Waals surface area (Å²) < 4.78 is 10.8. The lowest BCUT2D eigenvalue weighted by molar-refractivity contribution is -0.139. The van der Waals surface area contributed by atoms with Gasteiger partial charge < -0.3 is 20.1 Å². The Balaban J connectivity index is 1.52. The molecule has 3 fully saturated rings. The zero-order valence-corrected chi connectivity index (χ0v) is 16.5. The molecule has 3 atom stereocenters. The van der Waals surface area contributed by atoms with Crippen LogP contribution >= 0.6 is 0 Å². The van der Waals surface area contributed by atoms with Crippen molar-refractivity contribution in [3.05, 3.63) is 23.8 Å². The number of likely N-dealkylation sites (tertiary alicyclic amines) is 1. The van der Waals surface area contributed by atoms with Crippen molar-refractivity contribution in [2.75, 3.05) is 20.8 Å². The van der Waals surface area contributed by atoms with Crippen molar-refractivity contribution < 1.29 is 14.3 Å². The van der Waals surface area contributed by atoms with Crippen LogP contribution in [0.5, 0.6) is 11.5 Å². The van der Waals surface area contributed by atoms with Crippen LogP contribution in [0.25, 0.3) is 0 Å². The average molecular weight is 373 g/mol. The number of ether oxygens (including phenoxy) is 2. The van der Waals surface area contributed by atoms with E-state index in [-0.39, 0.29) is 12.0 Å². The smallest absolute Gasteiger partial charge is 0.226 e. The number of methoxy groups -OCH3 is 2. The predicted molar refractivity (Wildman–Crippen MR) is 105 cm³/mol. The molecule has 2 saturated carbocycles. The SMILES string of the molecule is COc1ccc(C2CCCN2C(=O)C2CC3CCCC(C2)C3N)cc1OC. The van der Waals surface area contributed by atoms with E-state index in [0.29, 0.717) is 23.8 Å². The van der Waals surface area contributed by atoms with Crippen LogP contribution in [0, 0.1) is 17.8 Å². The molecule has 5 heteroatoms. The number of carbonyl (C=O) groups excluding carboxylic acids is 1. The summed E-state index contributed by atoms with van der Waals surface area (Å²) >= 11 is 0. The van der Waals surface area contributed by atoms with Crippen LogP contribution in [0.1, 0.15) is 56.6 Å². The lowest BCUT2D eigenvalue weighted by Crippen LogP contribution is -2.49. The highest BCUT2D eigenvalue weighted by Gasteiger charge is 2.43. The lowest BCUT2D eigenvalue weighted by Gasteiger charge is -2.44. The van der Waals surface area contributed by atoms with E-state index in [1.807, 2.05) is 12.1 Å². The van der Waals surface area contributed by atoms with E-state index in [1.165, 1.54) is 19.3 Å². The van der Waals surface area contributed by atoms with Crippen molar-refractivity contribution in [2.24, 2.45) is 23.5 Å². The van der Waals surface area contributed by atoms with Crippen molar-refractivity contribution in [3.63, 3.8) is 0 Å². The second-order valence-electron chi connectivity index (χ2n) is 8.50. The first-order valence-electron chi connectivity index (χ1n) is 10.4. The van der Waals surface area contributed by atoms with E-state index >= 15 is 0 Å². The molecule has 1 aromatic rings. The van der Waals surface area contributed by atoms with E-state index in [0.717, 1.165) is 49.3 Å². The first-order chi connectivity index (χ1) is 13.1. The molecule has 3 aliphatic rings. The molecular weight excluding hydrogens is 340 g/mol. The van der Waals surface area contributed by atoms with Crippen LogP contribution in [-0.2, 0) is 4.79 Å². The van der Waals surface area contributed by atoms with Gasteiger partial charge in [-0.15, -0.1) is 0 Å². The molecule has 0 radical (unpaired) electrons. The summed E-state index contributed by atoms with van der Waals surface area (Å²) in [6.07, 6.45) is 7.70. The third kappa shape index (κ3) is 3.42. The topological polar surface area (TPSA) is 64.8 Å². The molecule has 4 rings (SSSR count). The van der Waals surface area contributed by atoms with E-state index in [1.54, 1.807) is 14.2 Å². The molecule has 2 bridgehead atoms. The van der Waals surface area contributed by atoms with E-state index < -0.39 is 0 Å². The highest BCUT2D eigenvalue weighted by Crippen LogP contribution is 2.44. The van der Waals surface area contributed by atoms with Gasteiger partial charge in [-0.1, -0.05) is 12.5 Å². The normalized spacial score (nSPS) is 33.0. The van der Waals surface area contributed by atoms with Crippen molar-refractivity contribution in [1.29, 1.82) is 0 Å². The summed E-state index contributed by atoms with van der Waals surface area (Å²) in [5.41, 5.74) is 7.57. The number of nitrogens with zero attached hydrogens (tertiary/aromatic N) is 1. The van der Waals surface area contributed by atoms with Gasteiger partial charge in [-0.3, -0.25) is 4.79 Å². The molecule has 2 N–H and O–H groups in total. The number of hydrogen-bond acceptors (Lipinski definition) is 4. The van der Waals surface area contributed by atoms with Crippen molar-refractivity contribution >= 4 is 5.91 Å². The number of carbonyl (C=O) groups is 1. The minimum absolute atomic E-state index is 0.146. The summed E-state index contributed by atoms with van der Waals surface area (Å²) in [6.45, 7) is 0.857. The van der Waals surface area contributed by atoms with Crippen molar-refractivity contribution in [3.8, 4) is 11.5 Å². The molecule has 5 nitrogen and oxygen atoms in total. The second-order valence-corrected chi connectivity index (χ2v) is 8.50. The van der Waals surface area contributed by atoms with Gasteiger partial charge >= 0.3 is 0 Å². The Kier molecular flexibility index (Phi) is 5.31. The molecule has 2 aliphatic carbocycles. The molecule has 3 unspecified atom stereocenters. The zero-order chi connectivity index (χ0) is 19.0. The number of amides is 1. The first kappa shape index (κ1) is 18.6. The Morgan fingerprint density at radius 2 is 1.74 bits per heavy atom. The van der Waals surface area contributed by atoms with Gasteiger partial charge in [0.2, 0.25) is 5.91 Å². The Morgan fingerprint density at radius 1 is 1.04 bits per heavy atom. The third-order valence-electron chi connectivity index (χ3n) is 7.09. The second kappa shape index (κ2) is 7.70. The summed E-state index contributed by atoms with van der Waals surface area (Å²) in [5, 5.41) is 0. The Hall–Kier alpha value is -1.75. The summed E-state index contributed by atoms with van der Waals surface area (Å²) in [6, 6.07) is 6.50. The van der Waals surface area contributed by atoms with Gasteiger partial charge in [0, 0.05) is 18.5 Å². The van der Waals surface area contributed by atoms with Crippen LogP contribution in [0.4, 0.5) is 0 Å². The molecule has 1 amide bonds. The molecule has 0 spiro atoms. The van der Waals surface area contributed by atoms with E-state index in [2.05, 4.69) is 11.0 Å². The van der Waals surface area contributed by atoms with Crippen molar-refractivity contribution in [1.82, 2.24) is 4.90 Å². The molecule has 1 saturated heterocycles. The molecule has 1 heterocycles. The highest BCUT2D eigenvalue weighted by molar-refractivity contribution is 5.80. The fourth-order valence-electron chi connectivity index (χ4n) is 5.66. The predicted octanol–water partition coefficient (Wildman–Crippen LogP) is 3.52. The van der Waals surface area contributed by atoms with E-state index in [9.17, 15) is 4.79 Å². The minimum Gasteiger partial charge on any atom is -0.493 e. The fourth-order valence-corrected chi connectivity index (χ4v) is 5.66. The Bertz CT molecular complexity index is 678. The van der Waals surface area contributed by atoms with E-state index in [4.69, 9.17) is 15.2 Å². The summed E-state index contributed by atoms with van der Waals surface area (Å²) in [5.74, 6) is 3.03. The van der Waals surface area contributed by atoms with Crippen LogP contribution in [0.15, 0.2) is 18.2 Å². The van der Waals surface area contributed by atoms with Gasteiger partial charge in [-0.25, -0.2) is 0 Å². The van der Waals surface area contributed by atoms with Crippen LogP contribution in [-0.4, -0.2) is 37.6 Å². The maximum absolute atomic E-state index is 13.4. The van der Waals surface area contributed by atoms with Gasteiger partial charge in [0.05, 0.1) is 20.3 Å². The van der Waals surface area contributed by atoms with Gasteiger partial charge in [0.15, 0.2) is 11.5 Å². The van der Waals surface area contributed by atoms with Gasteiger partial charge in [0.25, 0.3) is 0 Å². The third-order valence-corrected chi connectivity index (χ3v) is 7.09. The van der Waals surface area contributed by atoms with Crippen molar-refractivity contribution in [2.45, 2.75) is 57.0 Å². The number of hydrogen-bond donors (Lipinski definition) is 1. The largest absolute Gasteiger partial charge is 0.493 e. The Morgan fingerprint density at radius 3 is 2.41 bits per heavy atom. The maximum atomic E-state index is 13.4. The quantitative estimate of drug-likeness (QED) is 0.878. The number of rotatable bonds is 4. The molecule has 148 valence electrons. The number of nitrogens with two attached hydrogens (primary N) is 1. The first-order valence-corrected chi connectivity index (χ1v) is 10.4. The van der Waals surface area contributed by atoms with Crippen LogP contribution in [0.3, 0.4) is 0 Å². The number of fused-ring (bicyclic) bond motifs is 2. The monoisotopic (exact) mass is 372 g/mol. The Labute approximate surface area is 162 Å². The van der Waals surface area contributed by atoms with Crippen LogP contribution in [0.2, 0.25) is 0 Å². The average Bonchev–Trinajstić information content (AvgIpc) is 3.16. The van der Waals surface area contributed by atoms with Gasteiger partial charge in [-0.2, -0.15) is 0 Å². The molecule has 1 aromatic carbocycles. The minimum atomic E-state index is 0.146. The fraction of sp³-hybridized carbons (Fsp3) is 0.682. The number of benzene rings is 1. The van der Waals surface area contributed by atoms with Gasteiger partial charge in [-0.05, 0) is 68.1 Å². The maximum Gasteiger partial charge on any atom is 0.226 e. The lowest BCUT2D eigenvalue weighted by atomic mass is 9.65. The van der Waals surface area contributed by atoms with Crippen LogP contribution < -0.4 is 15.2 Å². The standard InChI is InChI=1S/C22H32N2O3/c1-26-19-9-8-14(13-20(19)27-2)18-7-4-10-24(18)22(25)17-11-15-5-3-6-16(12-17)21(15)23/h8-9,13,15-18,21H,3-7,10-12,23H2,1-2H3. The molecular formula is C22H32N2O3. The zero-order valence-electron chi connectivity index (χ0n) is 16.5. The molecule has 1 aliphatic heterocycles. The highest BCUT2D eigenvalue weighted by atomic mass is 16.5. The summed E-state index contributed by atoms with van der Waals surface area (Å²) in [7, 11) is 3.30.